The second-order valence-corrected chi connectivity index (χ2v) is 5.39. The predicted molar refractivity (Wildman–Crippen MR) is 84.4 cm³/mol. The lowest BCUT2D eigenvalue weighted by Crippen LogP contribution is -2.06. The minimum absolute atomic E-state index is 0.0924. The highest BCUT2D eigenvalue weighted by Gasteiger charge is 2.10. The van der Waals surface area contributed by atoms with Crippen LogP contribution in [-0.2, 0) is 0 Å². The number of nitrogens with two attached hydrogens (primary N) is 1. The molecule has 1 atom stereocenters. The van der Waals surface area contributed by atoms with Crippen molar-refractivity contribution in [1.82, 2.24) is 0 Å². The summed E-state index contributed by atoms with van der Waals surface area (Å²) in [4.78, 5) is 0. The van der Waals surface area contributed by atoms with Gasteiger partial charge in [0, 0.05) is 16.1 Å². The molecule has 4 heteroatoms. The summed E-state index contributed by atoms with van der Waals surface area (Å²) in [5, 5.41) is 0. The number of hydrogen-bond acceptors (Lipinski definition) is 3. The van der Waals surface area contributed by atoms with Crippen molar-refractivity contribution in [3.8, 4) is 17.2 Å². The molecule has 0 aliphatic heterocycles. The van der Waals surface area contributed by atoms with Gasteiger partial charge in [0.2, 0.25) is 0 Å². The summed E-state index contributed by atoms with van der Waals surface area (Å²) in [6, 6.07) is 13.3. The van der Waals surface area contributed by atoms with E-state index in [0.29, 0.717) is 6.61 Å². The van der Waals surface area contributed by atoms with E-state index in [1.54, 1.807) is 0 Å². The molecule has 2 rings (SSSR count). The quantitative estimate of drug-likeness (QED) is 0.864. The van der Waals surface area contributed by atoms with Crippen LogP contribution in [-0.4, -0.2) is 6.61 Å². The topological polar surface area (TPSA) is 44.5 Å². The third-order valence-corrected chi connectivity index (χ3v) is 3.32. The molecule has 0 saturated carbocycles. The molecular formula is C16H18BrNO2. The molecule has 1 unspecified atom stereocenters. The molecular weight excluding hydrogens is 318 g/mol. The van der Waals surface area contributed by atoms with Crippen molar-refractivity contribution in [3.63, 3.8) is 0 Å². The first-order valence-electron chi connectivity index (χ1n) is 6.56. The molecule has 0 fully saturated rings. The Morgan fingerprint density at radius 3 is 2.35 bits per heavy atom. The highest BCUT2D eigenvalue weighted by Crippen LogP contribution is 2.31. The van der Waals surface area contributed by atoms with Crippen LogP contribution in [0.3, 0.4) is 0 Å². The minimum Gasteiger partial charge on any atom is -0.494 e. The Hall–Kier alpha value is -1.52. The van der Waals surface area contributed by atoms with Crippen LogP contribution in [0.4, 0.5) is 0 Å². The Bertz CT molecular complexity index is 567. The van der Waals surface area contributed by atoms with Gasteiger partial charge in [0.15, 0.2) is 0 Å². The summed E-state index contributed by atoms with van der Waals surface area (Å²) < 4.78 is 12.3. The van der Waals surface area contributed by atoms with Gasteiger partial charge in [-0.15, -0.1) is 0 Å². The molecule has 2 aromatic carbocycles. The fourth-order valence-electron chi connectivity index (χ4n) is 1.87. The van der Waals surface area contributed by atoms with E-state index in [9.17, 15) is 0 Å². The first-order chi connectivity index (χ1) is 9.60. The van der Waals surface area contributed by atoms with Gasteiger partial charge in [-0.25, -0.2) is 0 Å². The molecule has 20 heavy (non-hydrogen) atoms. The zero-order valence-corrected chi connectivity index (χ0v) is 13.2. The lowest BCUT2D eigenvalue weighted by Gasteiger charge is -2.14. The molecule has 0 aliphatic carbocycles. The molecule has 0 aromatic heterocycles. The third kappa shape index (κ3) is 3.74. The summed E-state index contributed by atoms with van der Waals surface area (Å²) >= 11 is 3.45. The second kappa shape index (κ2) is 6.77. The van der Waals surface area contributed by atoms with Crippen molar-refractivity contribution in [3.05, 3.63) is 52.5 Å². The number of halogens is 1. The molecule has 0 heterocycles. The van der Waals surface area contributed by atoms with Gasteiger partial charge < -0.3 is 15.2 Å². The van der Waals surface area contributed by atoms with E-state index in [0.717, 1.165) is 27.3 Å². The van der Waals surface area contributed by atoms with Gasteiger partial charge in [-0.1, -0.05) is 15.9 Å². The number of hydrogen-bond donors (Lipinski definition) is 1. The Balaban J connectivity index is 2.21. The fraction of sp³-hybridized carbons (Fsp3) is 0.250. The Morgan fingerprint density at radius 2 is 1.75 bits per heavy atom. The molecule has 3 nitrogen and oxygen atoms in total. The van der Waals surface area contributed by atoms with Crippen molar-refractivity contribution < 1.29 is 9.47 Å². The van der Waals surface area contributed by atoms with Gasteiger partial charge >= 0.3 is 0 Å². The van der Waals surface area contributed by atoms with Crippen molar-refractivity contribution >= 4 is 15.9 Å². The molecule has 0 amide bonds. The Kier molecular flexibility index (Phi) is 5.04. The molecule has 0 saturated heterocycles. The molecule has 0 radical (unpaired) electrons. The van der Waals surface area contributed by atoms with Crippen LogP contribution < -0.4 is 15.2 Å². The van der Waals surface area contributed by atoms with Gasteiger partial charge in [-0.2, -0.15) is 0 Å². The lowest BCUT2D eigenvalue weighted by atomic mass is 10.1. The van der Waals surface area contributed by atoms with Crippen LogP contribution in [0.1, 0.15) is 25.5 Å². The summed E-state index contributed by atoms with van der Waals surface area (Å²) in [7, 11) is 0. The van der Waals surface area contributed by atoms with Gasteiger partial charge in [0.05, 0.1) is 6.61 Å². The highest BCUT2D eigenvalue weighted by molar-refractivity contribution is 9.10. The zero-order chi connectivity index (χ0) is 14.5. The van der Waals surface area contributed by atoms with E-state index >= 15 is 0 Å². The zero-order valence-electron chi connectivity index (χ0n) is 11.6. The smallest absolute Gasteiger partial charge is 0.132 e. The van der Waals surface area contributed by atoms with Crippen molar-refractivity contribution in [1.29, 1.82) is 0 Å². The molecule has 0 spiro atoms. The lowest BCUT2D eigenvalue weighted by molar-refractivity contribution is 0.339. The summed E-state index contributed by atoms with van der Waals surface area (Å²) in [5.41, 5.74) is 6.95. The van der Waals surface area contributed by atoms with E-state index in [2.05, 4.69) is 15.9 Å². The van der Waals surface area contributed by atoms with Crippen LogP contribution >= 0.6 is 15.9 Å². The van der Waals surface area contributed by atoms with E-state index in [1.807, 2.05) is 56.3 Å². The van der Waals surface area contributed by atoms with E-state index in [-0.39, 0.29) is 6.04 Å². The van der Waals surface area contributed by atoms with Crippen LogP contribution in [0.5, 0.6) is 17.2 Å². The van der Waals surface area contributed by atoms with Crippen molar-refractivity contribution in [2.24, 2.45) is 5.73 Å². The predicted octanol–water partition coefficient (Wildman–Crippen LogP) is 4.66. The first-order valence-corrected chi connectivity index (χ1v) is 7.35. The summed E-state index contributed by atoms with van der Waals surface area (Å²) in [6.07, 6.45) is 0. The average Bonchev–Trinajstić information content (AvgIpc) is 2.43. The standard InChI is InChI=1S/C16H18BrNO2/c1-3-19-13-5-7-14(8-6-13)20-16-9-4-12(17)10-15(16)11(2)18/h4-11H,3,18H2,1-2H3. The largest absolute Gasteiger partial charge is 0.494 e. The van der Waals surface area contributed by atoms with Crippen molar-refractivity contribution in [2.75, 3.05) is 6.61 Å². The molecule has 0 aliphatic rings. The Labute approximate surface area is 127 Å². The van der Waals surface area contributed by atoms with E-state index in [4.69, 9.17) is 15.2 Å². The SMILES string of the molecule is CCOc1ccc(Oc2ccc(Br)cc2C(C)N)cc1. The number of ether oxygens (including phenoxy) is 2. The van der Waals surface area contributed by atoms with Gasteiger partial charge in [-0.05, 0) is 56.3 Å². The van der Waals surface area contributed by atoms with Crippen molar-refractivity contribution in [2.45, 2.75) is 19.9 Å². The van der Waals surface area contributed by atoms with Gasteiger partial charge in [0.25, 0.3) is 0 Å². The van der Waals surface area contributed by atoms with Crippen LogP contribution in [0, 0.1) is 0 Å². The maximum absolute atomic E-state index is 5.98. The van der Waals surface area contributed by atoms with Crippen LogP contribution in [0.25, 0.3) is 0 Å². The maximum atomic E-state index is 5.98. The summed E-state index contributed by atoms with van der Waals surface area (Å²) in [6.45, 7) is 4.55. The van der Waals surface area contributed by atoms with E-state index < -0.39 is 0 Å². The normalized spacial score (nSPS) is 12.0. The molecule has 2 aromatic rings. The summed E-state index contributed by atoms with van der Waals surface area (Å²) in [5.74, 6) is 2.37. The third-order valence-electron chi connectivity index (χ3n) is 2.82. The maximum Gasteiger partial charge on any atom is 0.132 e. The first kappa shape index (κ1) is 14.9. The fourth-order valence-corrected chi connectivity index (χ4v) is 2.24. The van der Waals surface area contributed by atoms with E-state index in [1.165, 1.54) is 0 Å². The minimum atomic E-state index is -0.0924. The second-order valence-electron chi connectivity index (χ2n) is 4.48. The van der Waals surface area contributed by atoms with Crippen LogP contribution in [0.15, 0.2) is 46.9 Å². The molecule has 106 valence electrons. The monoisotopic (exact) mass is 335 g/mol. The number of rotatable bonds is 5. The molecule has 0 bridgehead atoms. The molecule has 2 N–H and O–H groups in total. The highest BCUT2D eigenvalue weighted by atomic mass is 79.9. The number of benzene rings is 2. The van der Waals surface area contributed by atoms with Gasteiger partial charge in [0.1, 0.15) is 17.2 Å². The average molecular weight is 336 g/mol. The van der Waals surface area contributed by atoms with Crippen LogP contribution in [0.2, 0.25) is 0 Å². The Morgan fingerprint density at radius 1 is 1.10 bits per heavy atom. The van der Waals surface area contributed by atoms with Gasteiger partial charge in [-0.3, -0.25) is 0 Å².